The number of rotatable bonds is 4. The summed E-state index contributed by atoms with van der Waals surface area (Å²) in [6.07, 6.45) is 1.38. The number of benzene rings is 1. The third kappa shape index (κ3) is 4.42. The summed E-state index contributed by atoms with van der Waals surface area (Å²) in [5, 5.41) is 18.7. The van der Waals surface area contributed by atoms with Crippen LogP contribution in [0, 0.1) is 13.8 Å². The molecular formula is C14H15N3O3S. The average molecular weight is 305 g/mol. The van der Waals surface area contributed by atoms with Gasteiger partial charge in [0.15, 0.2) is 5.17 Å². The second-order valence-corrected chi connectivity index (χ2v) is 5.96. The standard InChI is InChI=1S/C14H15N3O3S/c1-8-3-9(2)5-10(4-8)7-15-17-14-16-13(20)11(21-14)6-12(18)19/h3-5,7,11H,6H2,1-2H3,(H,18,19)(H,16,17,20). The van der Waals surface area contributed by atoms with Crippen LogP contribution in [0.1, 0.15) is 23.1 Å². The van der Waals surface area contributed by atoms with Crippen molar-refractivity contribution >= 4 is 35.0 Å². The largest absolute Gasteiger partial charge is 0.481 e. The van der Waals surface area contributed by atoms with Crippen molar-refractivity contribution in [2.24, 2.45) is 10.2 Å². The van der Waals surface area contributed by atoms with Crippen LogP contribution in [0.4, 0.5) is 0 Å². The number of aryl methyl sites for hydroxylation is 2. The van der Waals surface area contributed by atoms with Gasteiger partial charge in [-0.3, -0.25) is 9.59 Å². The van der Waals surface area contributed by atoms with Crippen LogP contribution in [0.15, 0.2) is 28.4 Å². The lowest BCUT2D eigenvalue weighted by Gasteiger charge is -1.98. The maximum atomic E-state index is 11.5. The van der Waals surface area contributed by atoms with Gasteiger partial charge in [0, 0.05) is 0 Å². The van der Waals surface area contributed by atoms with E-state index in [1.165, 1.54) is 0 Å². The van der Waals surface area contributed by atoms with E-state index in [9.17, 15) is 9.59 Å². The van der Waals surface area contributed by atoms with E-state index in [1.807, 2.05) is 26.0 Å². The van der Waals surface area contributed by atoms with Crippen molar-refractivity contribution in [3.63, 3.8) is 0 Å². The molecule has 0 bridgehead atoms. The van der Waals surface area contributed by atoms with Gasteiger partial charge in [0.25, 0.3) is 0 Å². The highest BCUT2D eigenvalue weighted by atomic mass is 32.2. The van der Waals surface area contributed by atoms with Crippen LogP contribution in [-0.4, -0.2) is 33.6 Å². The lowest BCUT2D eigenvalue weighted by Crippen LogP contribution is -2.26. The topological polar surface area (TPSA) is 91.1 Å². The summed E-state index contributed by atoms with van der Waals surface area (Å²) in [7, 11) is 0. The van der Waals surface area contributed by atoms with Crippen LogP contribution in [0.25, 0.3) is 0 Å². The quantitative estimate of drug-likeness (QED) is 0.654. The fraction of sp³-hybridized carbons (Fsp3) is 0.286. The lowest BCUT2D eigenvalue weighted by atomic mass is 10.1. The smallest absolute Gasteiger partial charge is 0.305 e. The maximum absolute atomic E-state index is 11.5. The predicted octanol–water partition coefficient (Wildman–Crippen LogP) is 1.70. The zero-order chi connectivity index (χ0) is 15.4. The maximum Gasteiger partial charge on any atom is 0.305 e. The Bertz CT molecular complexity index is 620. The van der Waals surface area contributed by atoms with Gasteiger partial charge < -0.3 is 10.4 Å². The summed E-state index contributed by atoms with van der Waals surface area (Å²) in [6.45, 7) is 4.00. The first-order chi connectivity index (χ1) is 9.94. The number of hydrogen-bond donors (Lipinski definition) is 2. The number of carbonyl (C=O) groups excluding carboxylic acids is 1. The summed E-state index contributed by atoms with van der Waals surface area (Å²) in [5.41, 5.74) is 3.19. The van der Waals surface area contributed by atoms with Crippen molar-refractivity contribution in [1.29, 1.82) is 0 Å². The third-order valence-electron chi connectivity index (χ3n) is 2.74. The predicted molar refractivity (Wildman–Crippen MR) is 82.7 cm³/mol. The highest BCUT2D eigenvalue weighted by Gasteiger charge is 2.32. The molecule has 0 radical (unpaired) electrons. The fourth-order valence-electron chi connectivity index (χ4n) is 1.98. The van der Waals surface area contributed by atoms with Gasteiger partial charge in [0.1, 0.15) is 5.25 Å². The number of carboxylic acids is 1. The molecule has 1 aliphatic rings. The number of amides is 1. The Balaban J connectivity index is 2.03. The summed E-state index contributed by atoms with van der Waals surface area (Å²) >= 11 is 1.08. The molecule has 2 N–H and O–H groups in total. The molecule has 110 valence electrons. The number of hydrogen-bond acceptors (Lipinski definition) is 5. The monoisotopic (exact) mass is 305 g/mol. The van der Waals surface area contributed by atoms with Crippen LogP contribution in [0.3, 0.4) is 0 Å². The van der Waals surface area contributed by atoms with Gasteiger partial charge in [-0.15, -0.1) is 5.10 Å². The molecule has 1 aliphatic heterocycles. The normalized spacial score (nSPS) is 20.2. The third-order valence-corrected chi connectivity index (χ3v) is 3.81. The second kappa shape index (κ2) is 6.53. The van der Waals surface area contributed by atoms with Gasteiger partial charge in [-0.2, -0.15) is 5.10 Å². The summed E-state index contributed by atoms with van der Waals surface area (Å²) < 4.78 is 0. The first-order valence-corrected chi connectivity index (χ1v) is 7.20. The molecule has 1 amide bonds. The zero-order valence-electron chi connectivity index (χ0n) is 11.7. The Morgan fingerprint density at radius 3 is 2.67 bits per heavy atom. The van der Waals surface area contributed by atoms with Crippen molar-refractivity contribution < 1.29 is 14.7 Å². The Morgan fingerprint density at radius 2 is 2.05 bits per heavy atom. The van der Waals surface area contributed by atoms with Gasteiger partial charge in [-0.25, -0.2) is 0 Å². The lowest BCUT2D eigenvalue weighted by molar-refractivity contribution is -0.138. The summed E-state index contributed by atoms with van der Waals surface area (Å²) in [6, 6.07) is 6.02. The van der Waals surface area contributed by atoms with Gasteiger partial charge in [0.05, 0.1) is 12.6 Å². The van der Waals surface area contributed by atoms with Crippen LogP contribution < -0.4 is 5.32 Å². The molecule has 1 saturated heterocycles. The highest BCUT2D eigenvalue weighted by molar-refractivity contribution is 8.15. The number of carbonyl (C=O) groups is 2. The van der Waals surface area contributed by atoms with E-state index in [0.29, 0.717) is 5.17 Å². The molecule has 0 aromatic heterocycles. The van der Waals surface area contributed by atoms with E-state index in [1.54, 1.807) is 6.21 Å². The first-order valence-electron chi connectivity index (χ1n) is 6.32. The minimum absolute atomic E-state index is 0.226. The van der Waals surface area contributed by atoms with E-state index in [2.05, 4.69) is 21.6 Å². The minimum Gasteiger partial charge on any atom is -0.481 e. The van der Waals surface area contributed by atoms with E-state index < -0.39 is 11.2 Å². The molecule has 0 spiro atoms. The summed E-state index contributed by atoms with van der Waals surface area (Å²) in [4.78, 5) is 22.1. The molecule has 1 aromatic carbocycles. The van der Waals surface area contributed by atoms with E-state index >= 15 is 0 Å². The Hall–Kier alpha value is -2.15. The molecule has 2 rings (SSSR count). The Labute approximate surface area is 126 Å². The van der Waals surface area contributed by atoms with Gasteiger partial charge in [-0.1, -0.05) is 41.1 Å². The molecule has 21 heavy (non-hydrogen) atoms. The van der Waals surface area contributed by atoms with Crippen LogP contribution in [-0.2, 0) is 9.59 Å². The van der Waals surface area contributed by atoms with Crippen LogP contribution >= 0.6 is 11.8 Å². The first kappa shape index (κ1) is 15.2. The molecule has 1 aromatic rings. The summed E-state index contributed by atoms with van der Waals surface area (Å²) in [5.74, 6) is -1.36. The molecule has 0 saturated carbocycles. The number of aliphatic carboxylic acids is 1. The fourth-order valence-corrected chi connectivity index (χ4v) is 2.89. The van der Waals surface area contributed by atoms with Crippen molar-refractivity contribution in [1.82, 2.24) is 5.32 Å². The number of amidine groups is 1. The average Bonchev–Trinajstić information content (AvgIpc) is 2.68. The van der Waals surface area contributed by atoms with Gasteiger partial charge >= 0.3 is 5.97 Å². The molecule has 1 fully saturated rings. The van der Waals surface area contributed by atoms with E-state index in [-0.39, 0.29) is 12.3 Å². The van der Waals surface area contributed by atoms with E-state index in [4.69, 9.17) is 5.11 Å². The van der Waals surface area contributed by atoms with Gasteiger partial charge in [0.2, 0.25) is 5.91 Å². The molecule has 1 heterocycles. The Kier molecular flexibility index (Phi) is 4.74. The molecular weight excluding hydrogens is 290 g/mol. The van der Waals surface area contributed by atoms with Crippen molar-refractivity contribution in [2.45, 2.75) is 25.5 Å². The number of nitrogens with zero attached hydrogens (tertiary/aromatic N) is 2. The van der Waals surface area contributed by atoms with Crippen molar-refractivity contribution in [3.05, 3.63) is 34.9 Å². The van der Waals surface area contributed by atoms with Crippen LogP contribution in [0.5, 0.6) is 0 Å². The molecule has 1 unspecified atom stereocenters. The SMILES string of the molecule is Cc1cc(C)cc(C=NN=C2NC(=O)C(CC(=O)O)S2)c1. The minimum atomic E-state index is -1.01. The highest BCUT2D eigenvalue weighted by Crippen LogP contribution is 2.22. The molecule has 6 nitrogen and oxygen atoms in total. The molecule has 1 atom stereocenters. The van der Waals surface area contributed by atoms with Crippen molar-refractivity contribution in [2.75, 3.05) is 0 Å². The van der Waals surface area contributed by atoms with Crippen LogP contribution in [0.2, 0.25) is 0 Å². The molecule has 0 aliphatic carbocycles. The number of thioether (sulfide) groups is 1. The van der Waals surface area contributed by atoms with Crippen molar-refractivity contribution in [3.8, 4) is 0 Å². The second-order valence-electron chi connectivity index (χ2n) is 4.76. The van der Waals surface area contributed by atoms with Gasteiger partial charge in [-0.05, 0) is 19.4 Å². The molecule has 7 heteroatoms. The number of carboxylic acid groups (broad SMARTS) is 1. The number of nitrogens with one attached hydrogen (secondary N) is 1. The van der Waals surface area contributed by atoms with E-state index in [0.717, 1.165) is 28.5 Å². The zero-order valence-corrected chi connectivity index (χ0v) is 12.5. The Morgan fingerprint density at radius 1 is 1.38 bits per heavy atom.